The van der Waals surface area contributed by atoms with Crippen LogP contribution in [-0.2, 0) is 6.54 Å². The van der Waals surface area contributed by atoms with E-state index < -0.39 is 0 Å². The molecule has 3 heterocycles. The van der Waals surface area contributed by atoms with E-state index in [1.165, 1.54) is 36.2 Å². The first-order valence-corrected chi connectivity index (χ1v) is 10.6. The van der Waals surface area contributed by atoms with Crippen molar-refractivity contribution in [2.75, 3.05) is 7.05 Å². The van der Waals surface area contributed by atoms with E-state index in [2.05, 4.69) is 27.6 Å². The molecule has 0 atom stereocenters. The number of imidazole rings is 2. The van der Waals surface area contributed by atoms with Crippen LogP contribution in [0.2, 0.25) is 0 Å². The van der Waals surface area contributed by atoms with Crippen LogP contribution in [0.15, 0.2) is 43.1 Å². The van der Waals surface area contributed by atoms with E-state index in [9.17, 15) is 4.79 Å². The molecule has 0 unspecified atom stereocenters. The van der Waals surface area contributed by atoms with E-state index in [4.69, 9.17) is 4.98 Å². The van der Waals surface area contributed by atoms with Gasteiger partial charge in [-0.2, -0.15) is 0 Å². The van der Waals surface area contributed by atoms with Gasteiger partial charge in [-0.1, -0.05) is 36.7 Å². The second-order valence-electron chi connectivity index (χ2n) is 7.63. The molecule has 0 saturated heterocycles. The minimum atomic E-state index is 0.116. The number of amides is 1. The average molecular weight is 394 g/mol. The highest BCUT2D eigenvalue weighted by Crippen LogP contribution is 2.28. The molecule has 3 aromatic heterocycles. The van der Waals surface area contributed by atoms with Crippen LogP contribution in [0.5, 0.6) is 0 Å². The Morgan fingerprint density at radius 3 is 2.93 bits per heavy atom. The number of carbonyl (C=O) groups is 1. The van der Waals surface area contributed by atoms with Crippen molar-refractivity contribution in [1.82, 2.24) is 23.8 Å². The van der Waals surface area contributed by atoms with E-state index in [0.717, 1.165) is 40.3 Å². The van der Waals surface area contributed by atoms with Crippen LogP contribution in [0.25, 0.3) is 16.0 Å². The molecular formula is C21H23N5OS. The summed E-state index contributed by atoms with van der Waals surface area (Å²) in [6.45, 7) is 0.767. The van der Waals surface area contributed by atoms with Crippen LogP contribution >= 0.6 is 11.3 Å². The summed E-state index contributed by atoms with van der Waals surface area (Å²) in [6, 6.07) is 6.68. The largest absolute Gasteiger partial charge is 0.338 e. The maximum Gasteiger partial charge on any atom is 0.265 e. The molecule has 1 fully saturated rings. The Bertz CT molecular complexity index is 1120. The Hall–Kier alpha value is -2.67. The van der Waals surface area contributed by atoms with Crippen LogP contribution in [0.1, 0.15) is 47.3 Å². The van der Waals surface area contributed by atoms with Gasteiger partial charge in [-0.25, -0.2) is 9.97 Å². The fourth-order valence-electron chi connectivity index (χ4n) is 4.15. The molecule has 0 aliphatic heterocycles. The minimum absolute atomic E-state index is 0.116. The standard InChI is InChI=1S/C21H23N5OS/c1-24(16-5-3-2-4-6-16)20(27)19-13-26-18-11-15(12-25-10-9-22-14-25)7-8-17(18)23-21(26)28-19/h7-11,13-14,16H,2-6,12H2,1H3. The zero-order chi connectivity index (χ0) is 19.1. The van der Waals surface area contributed by atoms with Crippen molar-refractivity contribution in [3.8, 4) is 0 Å². The predicted molar refractivity (Wildman–Crippen MR) is 111 cm³/mol. The van der Waals surface area contributed by atoms with Gasteiger partial charge in [0.15, 0.2) is 4.96 Å². The van der Waals surface area contributed by atoms with Crippen LogP contribution in [0, 0.1) is 0 Å². The molecule has 1 aliphatic carbocycles. The summed E-state index contributed by atoms with van der Waals surface area (Å²) in [5.74, 6) is 0.116. The van der Waals surface area contributed by atoms with Crippen molar-refractivity contribution in [2.45, 2.75) is 44.7 Å². The SMILES string of the molecule is CN(C(=O)c1cn2c(nc3ccc(Cn4ccnc4)cc32)s1)C1CCCCC1. The maximum absolute atomic E-state index is 13.0. The molecule has 4 aromatic rings. The number of hydrogen-bond acceptors (Lipinski definition) is 4. The summed E-state index contributed by atoms with van der Waals surface area (Å²) in [6.07, 6.45) is 13.5. The van der Waals surface area contributed by atoms with Gasteiger partial charge in [0.25, 0.3) is 5.91 Å². The Morgan fingerprint density at radius 1 is 1.29 bits per heavy atom. The third kappa shape index (κ3) is 3.09. The highest BCUT2D eigenvalue weighted by atomic mass is 32.1. The van der Waals surface area contributed by atoms with E-state index in [1.807, 2.05) is 35.2 Å². The number of benzene rings is 1. The molecule has 28 heavy (non-hydrogen) atoms. The fraction of sp³-hybridized carbons (Fsp3) is 0.381. The first kappa shape index (κ1) is 17.4. The lowest BCUT2D eigenvalue weighted by Crippen LogP contribution is -2.37. The molecule has 1 aromatic carbocycles. The van der Waals surface area contributed by atoms with Gasteiger partial charge in [-0.05, 0) is 30.5 Å². The zero-order valence-electron chi connectivity index (χ0n) is 15.9. The molecule has 5 rings (SSSR count). The summed E-state index contributed by atoms with van der Waals surface area (Å²) < 4.78 is 4.10. The second kappa shape index (κ2) is 7.05. The molecule has 0 N–H and O–H groups in total. The molecule has 6 nitrogen and oxygen atoms in total. The Morgan fingerprint density at radius 2 is 2.14 bits per heavy atom. The predicted octanol–water partition coefficient (Wildman–Crippen LogP) is 4.20. The van der Waals surface area contributed by atoms with E-state index in [1.54, 1.807) is 6.20 Å². The van der Waals surface area contributed by atoms with Gasteiger partial charge in [0.1, 0.15) is 4.88 Å². The fourth-order valence-corrected chi connectivity index (χ4v) is 5.13. The molecule has 1 saturated carbocycles. The zero-order valence-corrected chi connectivity index (χ0v) is 16.7. The normalized spacial score (nSPS) is 15.5. The van der Waals surface area contributed by atoms with Crippen molar-refractivity contribution in [3.63, 3.8) is 0 Å². The quantitative estimate of drug-likeness (QED) is 0.522. The van der Waals surface area contributed by atoms with E-state index in [0.29, 0.717) is 6.04 Å². The summed E-state index contributed by atoms with van der Waals surface area (Å²) in [5.41, 5.74) is 3.19. The third-order valence-corrected chi connectivity index (χ3v) is 6.72. The highest BCUT2D eigenvalue weighted by molar-refractivity contribution is 7.18. The van der Waals surface area contributed by atoms with Crippen LogP contribution in [0.4, 0.5) is 0 Å². The molecule has 0 radical (unpaired) electrons. The topological polar surface area (TPSA) is 55.4 Å². The van der Waals surface area contributed by atoms with E-state index in [-0.39, 0.29) is 5.91 Å². The molecule has 0 bridgehead atoms. The van der Waals surface area contributed by atoms with Crippen LogP contribution in [0.3, 0.4) is 0 Å². The monoisotopic (exact) mass is 393 g/mol. The lowest BCUT2D eigenvalue weighted by molar-refractivity contribution is 0.0701. The van der Waals surface area contributed by atoms with Crippen molar-refractivity contribution in [2.24, 2.45) is 0 Å². The summed E-state index contributed by atoms with van der Waals surface area (Å²) in [4.78, 5) is 25.4. The minimum Gasteiger partial charge on any atom is -0.338 e. The Balaban J connectivity index is 1.45. The number of carbonyl (C=O) groups excluding carboxylic acids is 1. The number of fused-ring (bicyclic) bond motifs is 3. The van der Waals surface area contributed by atoms with Gasteiger partial charge in [-0.15, -0.1) is 0 Å². The van der Waals surface area contributed by atoms with E-state index >= 15 is 0 Å². The third-order valence-electron chi connectivity index (χ3n) is 5.75. The number of thiazole rings is 1. The summed E-state index contributed by atoms with van der Waals surface area (Å²) in [5, 5.41) is 0. The van der Waals surface area contributed by atoms with Crippen LogP contribution < -0.4 is 0 Å². The molecule has 1 aliphatic rings. The van der Waals surface area contributed by atoms with Gasteiger partial charge < -0.3 is 9.47 Å². The summed E-state index contributed by atoms with van der Waals surface area (Å²) in [7, 11) is 1.95. The van der Waals surface area contributed by atoms with Gasteiger partial charge in [0.05, 0.1) is 17.4 Å². The highest BCUT2D eigenvalue weighted by Gasteiger charge is 2.25. The van der Waals surface area contributed by atoms with Crippen molar-refractivity contribution in [3.05, 3.63) is 53.6 Å². The summed E-state index contributed by atoms with van der Waals surface area (Å²) >= 11 is 1.48. The number of nitrogens with zero attached hydrogens (tertiary/aromatic N) is 5. The van der Waals surface area contributed by atoms with Crippen molar-refractivity contribution < 1.29 is 4.79 Å². The van der Waals surface area contributed by atoms with Gasteiger partial charge in [0, 0.05) is 38.2 Å². The average Bonchev–Trinajstić information content (AvgIpc) is 3.44. The molecule has 144 valence electrons. The molecule has 1 amide bonds. The Kier molecular flexibility index (Phi) is 4.39. The lowest BCUT2D eigenvalue weighted by Gasteiger charge is -2.30. The van der Waals surface area contributed by atoms with Crippen molar-refractivity contribution in [1.29, 1.82) is 0 Å². The maximum atomic E-state index is 13.0. The van der Waals surface area contributed by atoms with Gasteiger partial charge >= 0.3 is 0 Å². The number of hydrogen-bond donors (Lipinski definition) is 0. The Labute approximate surface area is 167 Å². The lowest BCUT2D eigenvalue weighted by atomic mass is 9.94. The van der Waals surface area contributed by atoms with Crippen molar-refractivity contribution >= 4 is 33.2 Å². The van der Waals surface area contributed by atoms with Crippen LogP contribution in [-0.4, -0.2) is 42.8 Å². The second-order valence-corrected chi connectivity index (χ2v) is 8.63. The van der Waals surface area contributed by atoms with Gasteiger partial charge in [-0.3, -0.25) is 9.20 Å². The first-order valence-electron chi connectivity index (χ1n) is 9.82. The molecular weight excluding hydrogens is 370 g/mol. The first-order chi connectivity index (χ1) is 13.7. The van der Waals surface area contributed by atoms with Gasteiger partial charge in [0.2, 0.25) is 0 Å². The smallest absolute Gasteiger partial charge is 0.265 e. The molecule has 0 spiro atoms. The number of rotatable bonds is 4. The molecule has 7 heteroatoms. The number of aromatic nitrogens is 4.